The van der Waals surface area contributed by atoms with E-state index < -0.39 is 36.5 Å². The second kappa shape index (κ2) is 16.0. The third kappa shape index (κ3) is 8.77. The molecular formula is C29H33ClN4O10. The van der Waals surface area contributed by atoms with Gasteiger partial charge in [0.05, 0.1) is 50.3 Å². The number of esters is 2. The van der Waals surface area contributed by atoms with Crippen LogP contribution in [0.4, 0.5) is 4.79 Å². The number of hydrogen-bond donors (Lipinski definition) is 3. The zero-order valence-electron chi connectivity index (χ0n) is 24.8. The maximum absolute atomic E-state index is 12.6. The van der Waals surface area contributed by atoms with Crippen LogP contribution in [-0.2, 0) is 23.9 Å². The highest BCUT2D eigenvalue weighted by Crippen LogP contribution is 2.37. The van der Waals surface area contributed by atoms with E-state index in [4.69, 9.17) is 35.3 Å². The van der Waals surface area contributed by atoms with Crippen LogP contribution in [0.15, 0.2) is 46.7 Å². The Bertz CT molecular complexity index is 1460. The Morgan fingerprint density at radius 1 is 1.00 bits per heavy atom. The molecular weight excluding hydrogens is 600 g/mol. The fraction of sp³-hybridized carbons (Fsp3) is 0.345. The van der Waals surface area contributed by atoms with Gasteiger partial charge in [0.15, 0.2) is 36.2 Å². The van der Waals surface area contributed by atoms with E-state index in [1.165, 1.54) is 26.5 Å². The SMILES string of the molecule is CCOC(=O)C1=C(C)NC(=O)N[C@H]1c1ccc(OCC(=O)N/N=C\c2cc(Cl)c(OCC(=O)OC)c(OCC)c2)c(OC)c1. The Kier molecular flexibility index (Phi) is 12.2. The van der Waals surface area contributed by atoms with Crippen molar-refractivity contribution in [1.29, 1.82) is 0 Å². The highest BCUT2D eigenvalue weighted by molar-refractivity contribution is 6.32. The molecule has 15 heteroatoms. The lowest BCUT2D eigenvalue weighted by Gasteiger charge is -2.28. The minimum absolute atomic E-state index is 0.163. The third-order valence-electron chi connectivity index (χ3n) is 5.94. The standard InChI is InChI=1S/C29H33ClN4O10/c1-6-41-22-11-17(10-19(30)27(22)44-15-24(36)40-5)13-31-34-23(35)14-43-20-9-8-18(12-21(20)39-4)26-25(28(37)42-7-2)16(3)32-29(38)33-26/h8-13,26H,6-7,14-15H2,1-5H3,(H,34,35)(H2,32,33,38)/b31-13-/t26-/m0/s1. The lowest BCUT2D eigenvalue weighted by atomic mass is 9.95. The Labute approximate surface area is 258 Å². The number of nitrogens with zero attached hydrogens (tertiary/aromatic N) is 1. The average Bonchev–Trinajstić information content (AvgIpc) is 2.99. The van der Waals surface area contributed by atoms with Gasteiger partial charge in [0.2, 0.25) is 0 Å². The summed E-state index contributed by atoms with van der Waals surface area (Å²) in [4.78, 5) is 48.6. The number of rotatable bonds is 14. The molecule has 1 aliphatic rings. The lowest BCUT2D eigenvalue weighted by Crippen LogP contribution is -2.45. The summed E-state index contributed by atoms with van der Waals surface area (Å²) in [5, 5.41) is 9.38. The molecule has 0 spiro atoms. The summed E-state index contributed by atoms with van der Waals surface area (Å²) in [6.45, 7) is 4.77. The number of carbonyl (C=O) groups excluding carboxylic acids is 4. The van der Waals surface area contributed by atoms with Crippen molar-refractivity contribution in [2.45, 2.75) is 26.8 Å². The second-order valence-corrected chi connectivity index (χ2v) is 9.32. The van der Waals surface area contributed by atoms with E-state index >= 15 is 0 Å². The molecule has 2 aromatic carbocycles. The number of nitrogens with one attached hydrogen (secondary N) is 3. The van der Waals surface area contributed by atoms with E-state index in [-0.39, 0.29) is 46.8 Å². The van der Waals surface area contributed by atoms with E-state index in [0.29, 0.717) is 23.4 Å². The number of hydrazone groups is 1. The van der Waals surface area contributed by atoms with Crippen LogP contribution >= 0.6 is 11.6 Å². The summed E-state index contributed by atoms with van der Waals surface area (Å²) < 4.78 is 31.8. The average molecular weight is 633 g/mol. The number of urea groups is 1. The van der Waals surface area contributed by atoms with Crippen LogP contribution in [-0.4, -0.2) is 70.7 Å². The summed E-state index contributed by atoms with van der Waals surface area (Å²) in [6, 6.07) is 6.60. The van der Waals surface area contributed by atoms with Gasteiger partial charge in [-0.05, 0) is 56.2 Å². The van der Waals surface area contributed by atoms with E-state index in [9.17, 15) is 19.2 Å². The lowest BCUT2D eigenvalue weighted by molar-refractivity contribution is -0.143. The highest BCUT2D eigenvalue weighted by Gasteiger charge is 2.32. The molecule has 1 atom stereocenters. The molecule has 0 aliphatic carbocycles. The normalized spacial score (nSPS) is 14.3. The first-order valence-corrected chi connectivity index (χ1v) is 13.7. The van der Waals surface area contributed by atoms with Gasteiger partial charge in [0.1, 0.15) is 0 Å². The zero-order valence-corrected chi connectivity index (χ0v) is 25.5. The molecule has 0 saturated heterocycles. The summed E-state index contributed by atoms with van der Waals surface area (Å²) in [5.41, 5.74) is 3.99. The van der Waals surface area contributed by atoms with Crippen LogP contribution < -0.4 is 35.0 Å². The molecule has 3 N–H and O–H groups in total. The quantitative estimate of drug-likeness (QED) is 0.160. The number of ether oxygens (including phenoxy) is 6. The summed E-state index contributed by atoms with van der Waals surface area (Å²) in [7, 11) is 2.65. The molecule has 0 bridgehead atoms. The van der Waals surface area contributed by atoms with Crippen LogP contribution in [0.3, 0.4) is 0 Å². The topological polar surface area (TPSA) is 172 Å². The number of amides is 3. The van der Waals surface area contributed by atoms with Crippen molar-refractivity contribution in [1.82, 2.24) is 16.1 Å². The molecule has 14 nitrogen and oxygen atoms in total. The van der Waals surface area contributed by atoms with Gasteiger partial charge in [0.25, 0.3) is 5.91 Å². The molecule has 2 aromatic rings. The van der Waals surface area contributed by atoms with Crippen LogP contribution in [0, 0.1) is 0 Å². The summed E-state index contributed by atoms with van der Waals surface area (Å²) in [6.07, 6.45) is 1.34. The molecule has 0 radical (unpaired) electrons. The molecule has 1 aliphatic heterocycles. The highest BCUT2D eigenvalue weighted by atomic mass is 35.5. The monoisotopic (exact) mass is 632 g/mol. The molecule has 0 aromatic heterocycles. The van der Waals surface area contributed by atoms with Crippen molar-refractivity contribution < 1.29 is 47.6 Å². The first kappa shape index (κ1) is 33.5. The molecule has 44 heavy (non-hydrogen) atoms. The first-order valence-electron chi connectivity index (χ1n) is 13.4. The Balaban J connectivity index is 1.67. The van der Waals surface area contributed by atoms with Gasteiger partial charge in [-0.25, -0.2) is 19.8 Å². The second-order valence-electron chi connectivity index (χ2n) is 8.91. The summed E-state index contributed by atoms with van der Waals surface area (Å²) >= 11 is 6.31. The van der Waals surface area contributed by atoms with E-state index in [0.717, 1.165) is 0 Å². The van der Waals surface area contributed by atoms with Gasteiger partial charge >= 0.3 is 18.0 Å². The molecule has 0 saturated carbocycles. The van der Waals surface area contributed by atoms with Gasteiger partial charge in [-0.1, -0.05) is 17.7 Å². The van der Waals surface area contributed by atoms with Crippen LogP contribution in [0.2, 0.25) is 5.02 Å². The van der Waals surface area contributed by atoms with Gasteiger partial charge in [-0.2, -0.15) is 5.10 Å². The maximum Gasteiger partial charge on any atom is 0.343 e. The first-order chi connectivity index (χ1) is 21.1. The minimum Gasteiger partial charge on any atom is -0.493 e. The van der Waals surface area contributed by atoms with Gasteiger partial charge in [0, 0.05) is 5.70 Å². The van der Waals surface area contributed by atoms with Crippen molar-refractivity contribution in [3.05, 3.63) is 57.8 Å². The summed E-state index contributed by atoms with van der Waals surface area (Å²) in [5.74, 6) is -0.782. The fourth-order valence-electron chi connectivity index (χ4n) is 4.02. The number of halogens is 1. The van der Waals surface area contributed by atoms with Crippen LogP contribution in [0.25, 0.3) is 0 Å². The van der Waals surface area contributed by atoms with E-state index in [1.54, 1.807) is 45.0 Å². The zero-order chi connectivity index (χ0) is 32.2. The number of allylic oxidation sites excluding steroid dienone is 1. The minimum atomic E-state index is -0.798. The van der Waals surface area contributed by atoms with Gasteiger partial charge < -0.3 is 39.1 Å². The Morgan fingerprint density at radius 2 is 1.77 bits per heavy atom. The number of benzene rings is 2. The number of carbonyl (C=O) groups is 4. The fourth-order valence-corrected chi connectivity index (χ4v) is 4.29. The van der Waals surface area contributed by atoms with Crippen molar-refractivity contribution in [3.8, 4) is 23.0 Å². The molecule has 3 amide bonds. The van der Waals surface area contributed by atoms with Crippen molar-refractivity contribution in [2.24, 2.45) is 5.10 Å². The largest absolute Gasteiger partial charge is 0.493 e. The van der Waals surface area contributed by atoms with Crippen molar-refractivity contribution >= 4 is 41.7 Å². The molecule has 236 valence electrons. The molecule has 3 rings (SSSR count). The van der Waals surface area contributed by atoms with Gasteiger partial charge in [-0.15, -0.1) is 0 Å². The van der Waals surface area contributed by atoms with Crippen molar-refractivity contribution in [2.75, 3.05) is 40.6 Å². The predicted molar refractivity (Wildman–Crippen MR) is 158 cm³/mol. The maximum atomic E-state index is 12.6. The smallest absolute Gasteiger partial charge is 0.343 e. The predicted octanol–water partition coefficient (Wildman–Crippen LogP) is 3.02. The van der Waals surface area contributed by atoms with Gasteiger partial charge in [-0.3, -0.25) is 4.79 Å². The molecule has 0 unspecified atom stereocenters. The molecule has 0 fully saturated rings. The van der Waals surface area contributed by atoms with Crippen LogP contribution in [0.5, 0.6) is 23.0 Å². The third-order valence-corrected chi connectivity index (χ3v) is 6.22. The number of methoxy groups -OCH3 is 2. The molecule has 1 heterocycles. The van der Waals surface area contributed by atoms with Crippen LogP contribution in [0.1, 0.15) is 37.9 Å². The van der Waals surface area contributed by atoms with E-state index in [1.807, 2.05) is 0 Å². The Morgan fingerprint density at radius 3 is 2.45 bits per heavy atom. The van der Waals surface area contributed by atoms with E-state index in [2.05, 4.69) is 25.9 Å². The number of hydrogen-bond acceptors (Lipinski definition) is 11. The van der Waals surface area contributed by atoms with Crippen molar-refractivity contribution in [3.63, 3.8) is 0 Å². The Hall–Kier alpha value is -4.98.